The maximum absolute atomic E-state index is 4.72. The van der Waals surface area contributed by atoms with Gasteiger partial charge in [-0.15, -0.1) is 11.8 Å². The highest BCUT2D eigenvalue weighted by molar-refractivity contribution is 14.1. The van der Waals surface area contributed by atoms with Gasteiger partial charge in [-0.2, -0.15) is 0 Å². The second-order valence-corrected chi connectivity index (χ2v) is 6.82. The molecule has 0 bridgehead atoms. The maximum Gasteiger partial charge on any atom is 0.143 e. The van der Waals surface area contributed by atoms with Gasteiger partial charge in [0.25, 0.3) is 0 Å². The van der Waals surface area contributed by atoms with Gasteiger partial charge >= 0.3 is 0 Å². The molecule has 3 nitrogen and oxygen atoms in total. The van der Waals surface area contributed by atoms with Crippen molar-refractivity contribution in [3.8, 4) is 0 Å². The van der Waals surface area contributed by atoms with E-state index < -0.39 is 0 Å². The molecule has 1 aromatic heterocycles. The lowest BCUT2D eigenvalue weighted by Gasteiger charge is -2.13. The standard InChI is InChI=1S/C15H18IN3S/c1-10(2)14-13(16)15(17-3)19-12(18-14)9-20-11-7-5-4-6-8-11/h4-8,10H,9H2,1-3H3,(H,17,18,19). The molecule has 0 saturated heterocycles. The summed E-state index contributed by atoms with van der Waals surface area (Å²) in [7, 11) is 1.91. The largest absolute Gasteiger partial charge is 0.372 e. The van der Waals surface area contributed by atoms with Gasteiger partial charge in [-0.1, -0.05) is 32.0 Å². The van der Waals surface area contributed by atoms with Crippen LogP contribution in [0.15, 0.2) is 35.2 Å². The summed E-state index contributed by atoms with van der Waals surface area (Å²) in [6.45, 7) is 4.33. The van der Waals surface area contributed by atoms with Crippen molar-refractivity contribution in [1.29, 1.82) is 0 Å². The summed E-state index contributed by atoms with van der Waals surface area (Å²) in [4.78, 5) is 10.6. The first kappa shape index (κ1) is 15.6. The van der Waals surface area contributed by atoms with Crippen LogP contribution in [0.3, 0.4) is 0 Å². The molecule has 1 N–H and O–H groups in total. The molecule has 0 fully saturated rings. The van der Waals surface area contributed by atoms with Crippen molar-refractivity contribution >= 4 is 40.2 Å². The van der Waals surface area contributed by atoms with E-state index in [0.717, 1.165) is 26.7 Å². The van der Waals surface area contributed by atoms with E-state index in [-0.39, 0.29) is 0 Å². The van der Waals surface area contributed by atoms with Gasteiger partial charge < -0.3 is 5.32 Å². The van der Waals surface area contributed by atoms with Crippen LogP contribution in [-0.2, 0) is 5.75 Å². The molecular weight excluding hydrogens is 381 g/mol. The Labute approximate surface area is 138 Å². The van der Waals surface area contributed by atoms with Crippen molar-refractivity contribution in [1.82, 2.24) is 9.97 Å². The predicted molar refractivity (Wildman–Crippen MR) is 94.4 cm³/mol. The molecule has 0 unspecified atom stereocenters. The van der Waals surface area contributed by atoms with Crippen molar-refractivity contribution in [2.45, 2.75) is 30.4 Å². The monoisotopic (exact) mass is 399 g/mol. The number of nitrogens with zero attached hydrogens (tertiary/aromatic N) is 2. The lowest BCUT2D eigenvalue weighted by Crippen LogP contribution is -2.08. The summed E-state index contributed by atoms with van der Waals surface area (Å²) in [5.74, 6) is 2.99. The lowest BCUT2D eigenvalue weighted by molar-refractivity contribution is 0.792. The molecule has 5 heteroatoms. The number of halogens is 1. The molecule has 0 atom stereocenters. The highest BCUT2D eigenvalue weighted by atomic mass is 127. The SMILES string of the molecule is CNc1nc(CSc2ccccc2)nc(C(C)C)c1I. The van der Waals surface area contributed by atoms with Crippen LogP contribution in [0.1, 0.15) is 31.3 Å². The van der Waals surface area contributed by atoms with Crippen molar-refractivity contribution in [3.05, 3.63) is 45.4 Å². The van der Waals surface area contributed by atoms with E-state index in [1.807, 2.05) is 13.1 Å². The third-order valence-electron chi connectivity index (χ3n) is 2.82. The highest BCUT2D eigenvalue weighted by Crippen LogP contribution is 2.27. The number of nitrogens with one attached hydrogen (secondary N) is 1. The fourth-order valence-electron chi connectivity index (χ4n) is 1.79. The molecule has 20 heavy (non-hydrogen) atoms. The van der Waals surface area contributed by atoms with E-state index in [0.29, 0.717) is 5.92 Å². The number of aromatic nitrogens is 2. The molecular formula is C15H18IN3S. The number of hydrogen-bond acceptors (Lipinski definition) is 4. The van der Waals surface area contributed by atoms with Gasteiger partial charge in [0.1, 0.15) is 11.6 Å². The van der Waals surface area contributed by atoms with Gasteiger partial charge in [0.2, 0.25) is 0 Å². The molecule has 106 valence electrons. The molecule has 0 aliphatic heterocycles. The Morgan fingerprint density at radius 3 is 2.50 bits per heavy atom. The fourth-order valence-corrected chi connectivity index (χ4v) is 3.70. The second kappa shape index (κ2) is 7.26. The highest BCUT2D eigenvalue weighted by Gasteiger charge is 2.14. The Morgan fingerprint density at radius 1 is 1.20 bits per heavy atom. The minimum Gasteiger partial charge on any atom is -0.372 e. The lowest BCUT2D eigenvalue weighted by atomic mass is 10.1. The quantitative estimate of drug-likeness (QED) is 0.592. The average molecular weight is 399 g/mol. The summed E-state index contributed by atoms with van der Waals surface area (Å²) in [5.41, 5.74) is 1.12. The molecule has 2 rings (SSSR count). The third-order valence-corrected chi connectivity index (χ3v) is 4.89. The molecule has 0 saturated carbocycles. The molecule has 2 aromatic rings. The molecule has 0 aliphatic rings. The number of benzene rings is 1. The van der Waals surface area contributed by atoms with Gasteiger partial charge in [-0.05, 0) is 40.6 Å². The molecule has 1 aromatic carbocycles. The molecule has 0 spiro atoms. The summed E-state index contributed by atoms with van der Waals surface area (Å²) < 4.78 is 1.12. The van der Waals surface area contributed by atoms with E-state index in [2.05, 4.69) is 71.0 Å². The van der Waals surface area contributed by atoms with E-state index in [1.54, 1.807) is 11.8 Å². The molecule has 0 amide bonds. The number of anilines is 1. The summed E-state index contributed by atoms with van der Waals surface area (Å²) >= 11 is 4.08. The first-order chi connectivity index (χ1) is 9.61. The summed E-state index contributed by atoms with van der Waals surface area (Å²) in [6.07, 6.45) is 0. The minimum atomic E-state index is 0.400. The second-order valence-electron chi connectivity index (χ2n) is 4.69. The van der Waals surface area contributed by atoms with Gasteiger partial charge in [-0.25, -0.2) is 9.97 Å². The van der Waals surface area contributed by atoms with Gasteiger partial charge in [0.05, 0.1) is 15.0 Å². The smallest absolute Gasteiger partial charge is 0.143 e. The van der Waals surface area contributed by atoms with Crippen LogP contribution in [0.4, 0.5) is 5.82 Å². The van der Waals surface area contributed by atoms with Crippen LogP contribution in [0.25, 0.3) is 0 Å². The van der Waals surface area contributed by atoms with Crippen molar-refractivity contribution in [2.75, 3.05) is 12.4 Å². The zero-order valence-corrected chi connectivity index (χ0v) is 14.8. The van der Waals surface area contributed by atoms with Crippen LogP contribution in [-0.4, -0.2) is 17.0 Å². The van der Waals surface area contributed by atoms with Gasteiger partial charge in [0.15, 0.2) is 0 Å². The van der Waals surface area contributed by atoms with E-state index in [4.69, 9.17) is 4.98 Å². The van der Waals surface area contributed by atoms with Crippen LogP contribution < -0.4 is 5.32 Å². The van der Waals surface area contributed by atoms with E-state index >= 15 is 0 Å². The van der Waals surface area contributed by atoms with Crippen LogP contribution in [0.5, 0.6) is 0 Å². The molecule has 0 radical (unpaired) electrons. The number of rotatable bonds is 5. The number of hydrogen-bond donors (Lipinski definition) is 1. The Kier molecular flexibility index (Phi) is 5.65. The van der Waals surface area contributed by atoms with Gasteiger partial charge in [-0.3, -0.25) is 0 Å². The zero-order valence-electron chi connectivity index (χ0n) is 11.9. The minimum absolute atomic E-state index is 0.400. The average Bonchev–Trinajstić information content (AvgIpc) is 2.47. The zero-order chi connectivity index (χ0) is 14.5. The van der Waals surface area contributed by atoms with Gasteiger partial charge in [0, 0.05) is 11.9 Å². The number of thioether (sulfide) groups is 1. The van der Waals surface area contributed by atoms with Crippen molar-refractivity contribution in [2.24, 2.45) is 0 Å². The Morgan fingerprint density at radius 2 is 1.90 bits per heavy atom. The topological polar surface area (TPSA) is 37.8 Å². The van der Waals surface area contributed by atoms with Crippen LogP contribution in [0, 0.1) is 3.57 Å². The normalized spacial score (nSPS) is 10.8. The van der Waals surface area contributed by atoms with E-state index in [1.165, 1.54) is 4.90 Å². The summed E-state index contributed by atoms with van der Waals surface area (Å²) in [6, 6.07) is 10.4. The Bertz CT molecular complexity index is 573. The van der Waals surface area contributed by atoms with Crippen LogP contribution in [0.2, 0.25) is 0 Å². The maximum atomic E-state index is 4.72. The fraction of sp³-hybridized carbons (Fsp3) is 0.333. The van der Waals surface area contributed by atoms with E-state index in [9.17, 15) is 0 Å². The molecule has 0 aliphatic carbocycles. The van der Waals surface area contributed by atoms with Crippen molar-refractivity contribution < 1.29 is 0 Å². The first-order valence-corrected chi connectivity index (χ1v) is 8.60. The third kappa shape index (κ3) is 3.85. The molecule has 1 heterocycles. The Hall–Kier alpha value is -0.820. The predicted octanol–water partition coefficient (Wildman–Crippen LogP) is 4.54. The first-order valence-electron chi connectivity index (χ1n) is 6.53. The Balaban J connectivity index is 2.21. The van der Waals surface area contributed by atoms with Crippen LogP contribution >= 0.6 is 34.4 Å². The summed E-state index contributed by atoms with van der Waals surface area (Å²) in [5, 5.41) is 3.16. The van der Waals surface area contributed by atoms with Crippen molar-refractivity contribution in [3.63, 3.8) is 0 Å².